The summed E-state index contributed by atoms with van der Waals surface area (Å²) in [5.41, 5.74) is 2.56. The van der Waals surface area contributed by atoms with Crippen LogP contribution < -0.4 is 5.19 Å². The first-order valence-electron chi connectivity index (χ1n) is 5.68. The number of fused-ring (bicyclic) bond motifs is 3. The third-order valence-corrected chi connectivity index (χ3v) is 6.00. The van der Waals surface area contributed by atoms with E-state index in [1.54, 1.807) is 0 Å². The molecule has 80 valence electrons. The molecule has 16 heavy (non-hydrogen) atoms. The molecule has 2 heteroatoms. The molecule has 0 saturated carbocycles. The molecule has 0 atom stereocenters. The molecule has 0 radical (unpaired) electrons. The van der Waals surface area contributed by atoms with Crippen molar-refractivity contribution in [1.82, 2.24) is 0 Å². The molecule has 0 fully saturated rings. The number of benzene rings is 2. The molecule has 1 aliphatic heterocycles. The fourth-order valence-electron chi connectivity index (χ4n) is 2.49. The lowest BCUT2D eigenvalue weighted by Crippen LogP contribution is -2.40. The summed E-state index contributed by atoms with van der Waals surface area (Å²) in [6, 6.07) is 11.0. The van der Waals surface area contributed by atoms with Gasteiger partial charge < -0.3 is 0 Å². The van der Waals surface area contributed by atoms with E-state index < -0.39 is 8.07 Å². The van der Waals surface area contributed by atoms with Crippen molar-refractivity contribution < 1.29 is 0 Å². The van der Waals surface area contributed by atoms with Crippen LogP contribution in [0.2, 0.25) is 13.1 Å². The van der Waals surface area contributed by atoms with Crippen molar-refractivity contribution >= 4 is 35.6 Å². The molecule has 0 saturated heterocycles. The van der Waals surface area contributed by atoms with E-state index in [0.29, 0.717) is 0 Å². The minimum absolute atomic E-state index is 1.23. The van der Waals surface area contributed by atoms with Crippen molar-refractivity contribution in [3.05, 3.63) is 35.9 Å². The lowest BCUT2D eigenvalue weighted by molar-refractivity contribution is 1.52. The first-order valence-corrected chi connectivity index (χ1v) is 8.75. The Kier molecular flexibility index (Phi) is 1.86. The van der Waals surface area contributed by atoms with E-state index in [-0.39, 0.29) is 0 Å². The molecular formula is C14H15NSi. The number of aryl methyl sites for hydroxylation is 1. The van der Waals surface area contributed by atoms with Crippen LogP contribution in [0.4, 0.5) is 5.69 Å². The Morgan fingerprint density at radius 1 is 1.06 bits per heavy atom. The van der Waals surface area contributed by atoms with E-state index in [0.717, 1.165) is 0 Å². The van der Waals surface area contributed by atoms with Gasteiger partial charge in [0.15, 0.2) is 0 Å². The van der Waals surface area contributed by atoms with Gasteiger partial charge in [-0.05, 0) is 28.9 Å². The zero-order chi connectivity index (χ0) is 11.3. The van der Waals surface area contributed by atoms with Crippen LogP contribution in [0.25, 0.3) is 10.8 Å². The van der Waals surface area contributed by atoms with E-state index in [4.69, 9.17) is 0 Å². The van der Waals surface area contributed by atoms with E-state index in [1.807, 2.05) is 0 Å². The molecule has 2 aromatic carbocycles. The topological polar surface area (TPSA) is 12.4 Å². The third kappa shape index (κ3) is 1.20. The highest BCUT2D eigenvalue weighted by molar-refractivity contribution is 7.11. The molecule has 0 aliphatic carbocycles. The Bertz CT molecular complexity index is 611. The Balaban J connectivity index is 2.47. The van der Waals surface area contributed by atoms with Crippen LogP contribution in [0.1, 0.15) is 5.56 Å². The number of rotatable bonds is 0. The van der Waals surface area contributed by atoms with Gasteiger partial charge in [-0.25, -0.2) is 0 Å². The molecule has 0 aromatic heterocycles. The molecule has 0 spiro atoms. The molecule has 0 bridgehead atoms. The average molecular weight is 225 g/mol. The fourth-order valence-corrected chi connectivity index (χ4v) is 4.39. The summed E-state index contributed by atoms with van der Waals surface area (Å²) >= 11 is 0. The van der Waals surface area contributed by atoms with Crippen molar-refractivity contribution in [3.8, 4) is 0 Å². The van der Waals surface area contributed by atoms with Gasteiger partial charge in [0.05, 0.1) is 5.69 Å². The summed E-state index contributed by atoms with van der Waals surface area (Å²) in [7, 11) is -1.39. The molecule has 1 nitrogen and oxygen atoms in total. The lowest BCUT2D eigenvalue weighted by Gasteiger charge is -2.14. The highest BCUT2D eigenvalue weighted by Crippen LogP contribution is 2.31. The Hall–Kier alpha value is -1.41. The van der Waals surface area contributed by atoms with Gasteiger partial charge in [0.25, 0.3) is 0 Å². The van der Waals surface area contributed by atoms with Gasteiger partial charge in [-0.1, -0.05) is 43.4 Å². The molecule has 1 aliphatic rings. The lowest BCUT2D eigenvalue weighted by atomic mass is 10.0. The summed E-state index contributed by atoms with van der Waals surface area (Å²) in [5, 5.41) is 4.13. The Labute approximate surface area is 96.8 Å². The normalized spacial score (nSPS) is 16.7. The van der Waals surface area contributed by atoms with Crippen LogP contribution >= 0.6 is 0 Å². The minimum Gasteiger partial charge on any atom is -0.265 e. The van der Waals surface area contributed by atoms with E-state index in [2.05, 4.69) is 61.2 Å². The first kappa shape index (κ1) is 9.79. The molecule has 0 N–H and O–H groups in total. The van der Waals surface area contributed by atoms with Gasteiger partial charge in [-0.2, -0.15) is 0 Å². The van der Waals surface area contributed by atoms with Crippen LogP contribution in [-0.4, -0.2) is 13.9 Å². The highest BCUT2D eigenvalue weighted by atomic mass is 28.3. The molecule has 1 heterocycles. The molecule has 0 amide bonds. The van der Waals surface area contributed by atoms with Gasteiger partial charge in [0, 0.05) is 5.39 Å². The summed E-state index contributed by atoms with van der Waals surface area (Å²) in [4.78, 5) is 4.68. The number of nitrogens with zero attached hydrogens (tertiary/aromatic N) is 1. The maximum absolute atomic E-state index is 4.68. The van der Waals surface area contributed by atoms with E-state index in [1.165, 1.54) is 27.2 Å². The van der Waals surface area contributed by atoms with Gasteiger partial charge in [0.1, 0.15) is 8.07 Å². The third-order valence-electron chi connectivity index (χ3n) is 3.44. The molecule has 0 unspecified atom stereocenters. The number of hydrogen-bond donors (Lipinski definition) is 0. The SMILES string of the molecule is Cc1cccc2ccc3c(c12)N=C[Si]3(C)C. The zero-order valence-electron chi connectivity index (χ0n) is 9.91. The van der Waals surface area contributed by atoms with Crippen LogP contribution in [0.3, 0.4) is 0 Å². The maximum Gasteiger partial charge on any atom is 0.128 e. The van der Waals surface area contributed by atoms with Crippen LogP contribution in [-0.2, 0) is 0 Å². The number of aliphatic imine (C=N–C) groups is 1. The number of hydrogen-bond acceptors (Lipinski definition) is 1. The van der Waals surface area contributed by atoms with Gasteiger partial charge in [-0.15, -0.1) is 0 Å². The predicted octanol–water partition coefficient (Wildman–Crippen LogP) is 3.32. The average Bonchev–Trinajstić information content (AvgIpc) is 2.55. The van der Waals surface area contributed by atoms with Crippen molar-refractivity contribution in [2.75, 3.05) is 0 Å². The summed E-state index contributed by atoms with van der Waals surface area (Å²) in [6.07, 6.45) is 0. The summed E-state index contributed by atoms with van der Waals surface area (Å²) < 4.78 is 0. The maximum atomic E-state index is 4.68. The van der Waals surface area contributed by atoms with Crippen LogP contribution in [0.15, 0.2) is 35.3 Å². The predicted molar refractivity (Wildman–Crippen MR) is 74.0 cm³/mol. The second-order valence-electron chi connectivity index (χ2n) is 5.11. The minimum atomic E-state index is -1.39. The fraction of sp³-hybridized carbons (Fsp3) is 0.214. The Morgan fingerprint density at radius 3 is 2.69 bits per heavy atom. The highest BCUT2D eigenvalue weighted by Gasteiger charge is 2.30. The van der Waals surface area contributed by atoms with E-state index in [9.17, 15) is 0 Å². The smallest absolute Gasteiger partial charge is 0.128 e. The van der Waals surface area contributed by atoms with Crippen LogP contribution in [0, 0.1) is 6.92 Å². The molecular weight excluding hydrogens is 210 g/mol. The summed E-state index contributed by atoms with van der Waals surface area (Å²) in [6.45, 7) is 6.88. The van der Waals surface area contributed by atoms with E-state index >= 15 is 0 Å². The van der Waals surface area contributed by atoms with Gasteiger partial charge in [0.2, 0.25) is 0 Å². The Morgan fingerprint density at radius 2 is 1.88 bits per heavy atom. The quantitative estimate of drug-likeness (QED) is 0.610. The second-order valence-corrected chi connectivity index (χ2v) is 9.35. The largest absolute Gasteiger partial charge is 0.265 e. The monoisotopic (exact) mass is 225 g/mol. The standard InChI is InChI=1S/C14H15NSi/c1-10-5-4-6-11-7-8-12-14(13(10)11)15-9-16(12,2)3/h4-9H,1-3H3. The van der Waals surface area contributed by atoms with Gasteiger partial charge >= 0.3 is 0 Å². The van der Waals surface area contributed by atoms with Crippen molar-refractivity contribution in [2.24, 2.45) is 4.99 Å². The molecule has 3 rings (SSSR count). The first-order chi connectivity index (χ1) is 7.59. The van der Waals surface area contributed by atoms with Crippen molar-refractivity contribution in [1.29, 1.82) is 0 Å². The van der Waals surface area contributed by atoms with Gasteiger partial charge in [-0.3, -0.25) is 4.99 Å². The zero-order valence-corrected chi connectivity index (χ0v) is 10.9. The molecule has 2 aromatic rings. The summed E-state index contributed by atoms with van der Waals surface area (Å²) in [5.74, 6) is 2.20. The second kappa shape index (κ2) is 3.05. The van der Waals surface area contributed by atoms with Crippen molar-refractivity contribution in [3.63, 3.8) is 0 Å². The van der Waals surface area contributed by atoms with Crippen LogP contribution in [0.5, 0.6) is 0 Å². The van der Waals surface area contributed by atoms with Crippen molar-refractivity contribution in [2.45, 2.75) is 20.0 Å².